The third-order valence-corrected chi connectivity index (χ3v) is 5.36. The molecule has 1 amide bonds. The van der Waals surface area contributed by atoms with Gasteiger partial charge in [-0.15, -0.1) is 11.8 Å². The average molecular weight is 358 g/mol. The highest BCUT2D eigenvalue weighted by molar-refractivity contribution is 7.99. The fourth-order valence-corrected chi connectivity index (χ4v) is 4.51. The van der Waals surface area contributed by atoms with Crippen molar-refractivity contribution in [1.82, 2.24) is 4.90 Å². The summed E-state index contributed by atoms with van der Waals surface area (Å²) in [5.41, 5.74) is 0.229. The number of hydrogen-bond donors (Lipinski definition) is 1. The van der Waals surface area contributed by atoms with Crippen molar-refractivity contribution in [2.45, 2.75) is 18.3 Å². The standard InChI is InChI=1S/C15H13ClFNO4S/c1-2-22-15(21)11-12(19)10-6-23-14(18(10)13(11)20)8-4-3-7(17)5-9(8)16/h3-5,10,14,19H,2,6H2,1H3/t10-,14-/m1/s1. The second-order valence-corrected chi connectivity index (χ2v) is 6.58. The molecule has 1 aromatic rings. The molecule has 1 N–H and O–H groups in total. The Kier molecular flexibility index (Phi) is 4.25. The number of aliphatic hydroxyl groups is 1. The lowest BCUT2D eigenvalue weighted by molar-refractivity contribution is -0.141. The summed E-state index contributed by atoms with van der Waals surface area (Å²) in [6.07, 6.45) is 0. The van der Waals surface area contributed by atoms with Crippen LogP contribution in [-0.4, -0.2) is 40.3 Å². The Bertz CT molecular complexity index is 723. The molecule has 122 valence electrons. The number of esters is 1. The number of nitrogens with zero attached hydrogens (tertiary/aromatic N) is 1. The maximum Gasteiger partial charge on any atom is 0.347 e. The van der Waals surface area contributed by atoms with Crippen LogP contribution >= 0.6 is 23.4 Å². The molecule has 3 rings (SSSR count). The van der Waals surface area contributed by atoms with Gasteiger partial charge in [0.15, 0.2) is 5.57 Å². The Morgan fingerprint density at radius 2 is 2.30 bits per heavy atom. The Morgan fingerprint density at radius 1 is 1.57 bits per heavy atom. The summed E-state index contributed by atoms with van der Waals surface area (Å²) >= 11 is 7.47. The van der Waals surface area contributed by atoms with Gasteiger partial charge in [0.2, 0.25) is 0 Å². The molecular weight excluding hydrogens is 345 g/mol. The second-order valence-electron chi connectivity index (χ2n) is 5.06. The maximum atomic E-state index is 13.2. The molecule has 0 aliphatic carbocycles. The Labute approximate surface area is 141 Å². The van der Waals surface area contributed by atoms with E-state index >= 15 is 0 Å². The number of rotatable bonds is 3. The second kappa shape index (κ2) is 6.05. The molecule has 1 fully saturated rings. The Morgan fingerprint density at radius 3 is 2.96 bits per heavy atom. The third kappa shape index (κ3) is 2.57. The molecule has 1 aromatic carbocycles. The van der Waals surface area contributed by atoms with Crippen LogP contribution in [0.5, 0.6) is 0 Å². The highest BCUT2D eigenvalue weighted by Gasteiger charge is 2.51. The van der Waals surface area contributed by atoms with Gasteiger partial charge in [-0.05, 0) is 19.1 Å². The number of thioether (sulfide) groups is 1. The lowest BCUT2D eigenvalue weighted by Crippen LogP contribution is -2.34. The quantitative estimate of drug-likeness (QED) is 0.665. The summed E-state index contributed by atoms with van der Waals surface area (Å²) in [4.78, 5) is 25.8. The molecule has 8 heteroatoms. The minimum atomic E-state index is -0.835. The predicted molar refractivity (Wildman–Crippen MR) is 83.5 cm³/mol. The zero-order chi connectivity index (χ0) is 16.7. The zero-order valence-corrected chi connectivity index (χ0v) is 13.7. The minimum absolute atomic E-state index is 0.107. The zero-order valence-electron chi connectivity index (χ0n) is 12.1. The molecule has 2 atom stereocenters. The van der Waals surface area contributed by atoms with Gasteiger partial charge >= 0.3 is 5.97 Å². The lowest BCUT2D eigenvalue weighted by atomic mass is 10.2. The average Bonchev–Trinajstić information content (AvgIpc) is 3.01. The van der Waals surface area contributed by atoms with Gasteiger partial charge in [0.1, 0.15) is 23.0 Å². The molecule has 5 nitrogen and oxygen atoms in total. The van der Waals surface area contributed by atoms with Crippen molar-refractivity contribution >= 4 is 35.2 Å². The van der Waals surface area contributed by atoms with Crippen molar-refractivity contribution in [2.75, 3.05) is 12.4 Å². The molecule has 0 unspecified atom stereocenters. The van der Waals surface area contributed by atoms with Crippen LogP contribution in [0.25, 0.3) is 0 Å². The summed E-state index contributed by atoms with van der Waals surface area (Å²) < 4.78 is 18.0. The van der Waals surface area contributed by atoms with Crippen LogP contribution in [0, 0.1) is 5.82 Å². The van der Waals surface area contributed by atoms with E-state index < -0.39 is 29.1 Å². The van der Waals surface area contributed by atoms with Crippen LogP contribution < -0.4 is 0 Å². The van der Waals surface area contributed by atoms with Gasteiger partial charge < -0.3 is 14.7 Å². The van der Waals surface area contributed by atoms with Crippen molar-refractivity contribution in [2.24, 2.45) is 0 Å². The number of ether oxygens (including phenoxy) is 1. The number of halogens is 2. The van der Waals surface area contributed by atoms with Crippen LogP contribution in [0.3, 0.4) is 0 Å². The van der Waals surface area contributed by atoms with Crippen molar-refractivity contribution in [1.29, 1.82) is 0 Å². The number of benzene rings is 1. The highest BCUT2D eigenvalue weighted by atomic mass is 35.5. The first kappa shape index (κ1) is 16.1. The number of hydrogen-bond acceptors (Lipinski definition) is 5. The van der Waals surface area contributed by atoms with Crippen LogP contribution in [0.15, 0.2) is 29.5 Å². The topological polar surface area (TPSA) is 66.8 Å². The van der Waals surface area contributed by atoms with Gasteiger partial charge in [0, 0.05) is 16.3 Å². The van der Waals surface area contributed by atoms with Gasteiger partial charge in [-0.1, -0.05) is 17.7 Å². The van der Waals surface area contributed by atoms with Crippen LogP contribution in [0.4, 0.5) is 4.39 Å². The molecule has 2 heterocycles. The van der Waals surface area contributed by atoms with Gasteiger partial charge in [0.05, 0.1) is 6.61 Å². The molecular formula is C15H13ClFNO4S. The lowest BCUT2D eigenvalue weighted by Gasteiger charge is -2.24. The number of fused-ring (bicyclic) bond motifs is 1. The van der Waals surface area contributed by atoms with E-state index in [9.17, 15) is 19.1 Å². The van der Waals surface area contributed by atoms with Gasteiger partial charge in [-0.3, -0.25) is 4.79 Å². The summed E-state index contributed by atoms with van der Waals surface area (Å²) in [6, 6.07) is 3.34. The van der Waals surface area contributed by atoms with E-state index in [1.54, 1.807) is 6.92 Å². The first-order valence-electron chi connectivity index (χ1n) is 6.95. The van der Waals surface area contributed by atoms with E-state index in [1.807, 2.05) is 0 Å². The molecule has 0 bridgehead atoms. The molecule has 0 spiro atoms. The smallest absolute Gasteiger partial charge is 0.347 e. The summed E-state index contributed by atoms with van der Waals surface area (Å²) in [6.45, 7) is 1.72. The number of aliphatic hydroxyl groups excluding tert-OH is 1. The minimum Gasteiger partial charge on any atom is -0.509 e. The van der Waals surface area contributed by atoms with E-state index in [0.717, 1.165) is 0 Å². The van der Waals surface area contributed by atoms with Crippen molar-refractivity contribution in [3.63, 3.8) is 0 Å². The molecule has 0 aromatic heterocycles. The molecule has 0 radical (unpaired) electrons. The van der Waals surface area contributed by atoms with Crippen LogP contribution in [0.1, 0.15) is 17.9 Å². The fraction of sp³-hybridized carbons (Fsp3) is 0.333. The third-order valence-electron chi connectivity index (χ3n) is 3.73. The molecule has 23 heavy (non-hydrogen) atoms. The number of carbonyl (C=O) groups excluding carboxylic acids is 2. The molecule has 0 saturated carbocycles. The van der Waals surface area contributed by atoms with E-state index in [-0.39, 0.29) is 23.0 Å². The van der Waals surface area contributed by atoms with Crippen molar-refractivity contribution in [3.05, 3.63) is 45.9 Å². The first-order valence-corrected chi connectivity index (χ1v) is 8.37. The normalized spacial score (nSPS) is 23.4. The molecule has 1 saturated heterocycles. The molecule has 2 aliphatic heterocycles. The summed E-state index contributed by atoms with van der Waals surface area (Å²) in [5.74, 6) is -1.76. The van der Waals surface area contributed by atoms with Crippen molar-refractivity contribution in [3.8, 4) is 0 Å². The summed E-state index contributed by atoms with van der Waals surface area (Å²) in [7, 11) is 0. The van der Waals surface area contributed by atoms with E-state index in [4.69, 9.17) is 16.3 Å². The number of carbonyl (C=O) groups is 2. The van der Waals surface area contributed by atoms with Crippen molar-refractivity contribution < 1.29 is 23.8 Å². The van der Waals surface area contributed by atoms with E-state index in [1.165, 1.54) is 34.9 Å². The fourth-order valence-electron chi connectivity index (χ4n) is 2.71. The maximum absolute atomic E-state index is 13.2. The van der Waals surface area contributed by atoms with Gasteiger partial charge in [-0.2, -0.15) is 0 Å². The summed E-state index contributed by atoms with van der Waals surface area (Å²) in [5, 5.41) is 9.92. The van der Waals surface area contributed by atoms with E-state index in [2.05, 4.69) is 0 Å². The van der Waals surface area contributed by atoms with Gasteiger partial charge in [0.25, 0.3) is 5.91 Å². The number of amides is 1. The Balaban J connectivity index is 1.94. The SMILES string of the molecule is CCOC(=O)C1=C(O)[C@H]2CS[C@H](c3ccc(F)cc3Cl)N2C1=O. The largest absolute Gasteiger partial charge is 0.509 e. The predicted octanol–water partition coefficient (Wildman–Crippen LogP) is 2.81. The Hall–Kier alpha value is -1.73. The van der Waals surface area contributed by atoms with Crippen LogP contribution in [0.2, 0.25) is 5.02 Å². The highest BCUT2D eigenvalue weighted by Crippen LogP contribution is 2.48. The van der Waals surface area contributed by atoms with Crippen LogP contribution in [-0.2, 0) is 14.3 Å². The molecule has 2 aliphatic rings. The van der Waals surface area contributed by atoms with Gasteiger partial charge in [-0.25, -0.2) is 9.18 Å². The van der Waals surface area contributed by atoms with E-state index in [0.29, 0.717) is 11.3 Å². The monoisotopic (exact) mass is 357 g/mol. The first-order chi connectivity index (χ1) is 11.0.